The van der Waals surface area contributed by atoms with E-state index in [-0.39, 0.29) is 54.1 Å². The maximum absolute atomic E-state index is 13.0. The van der Waals surface area contributed by atoms with Crippen LogP contribution < -0.4 is 16.6 Å². The Bertz CT molecular complexity index is 1890. The topological polar surface area (TPSA) is 167 Å². The van der Waals surface area contributed by atoms with E-state index in [2.05, 4.69) is 22.1 Å². The number of imidazole rings is 1. The summed E-state index contributed by atoms with van der Waals surface area (Å²) in [6.07, 6.45) is 1.10. The predicted molar refractivity (Wildman–Crippen MR) is 169 cm³/mol. The summed E-state index contributed by atoms with van der Waals surface area (Å²) in [4.78, 5) is 59.9. The molecule has 2 saturated heterocycles. The number of hydrogen-bond donors (Lipinski definition) is 1. The van der Waals surface area contributed by atoms with Gasteiger partial charge in [-0.15, -0.1) is 0 Å². The molecule has 2 aliphatic heterocycles. The van der Waals surface area contributed by atoms with Crippen LogP contribution in [0.15, 0.2) is 32.9 Å². The fourth-order valence-electron chi connectivity index (χ4n) is 5.50. The average molecular weight is 656 g/mol. The summed E-state index contributed by atoms with van der Waals surface area (Å²) in [7, 11) is -1.10. The molecule has 1 N–H and O–H groups in total. The van der Waals surface area contributed by atoms with Crippen LogP contribution in [0.5, 0.6) is 0 Å². The first kappa shape index (κ1) is 33.2. The van der Waals surface area contributed by atoms with Gasteiger partial charge in [0.1, 0.15) is 0 Å². The van der Waals surface area contributed by atoms with Crippen molar-refractivity contribution in [3.63, 3.8) is 0 Å². The van der Waals surface area contributed by atoms with Gasteiger partial charge >= 0.3 is 5.69 Å². The molecular weight excluding hydrogens is 618 g/mol. The zero-order valence-corrected chi connectivity index (χ0v) is 26.9. The van der Waals surface area contributed by atoms with Crippen LogP contribution in [0.2, 0.25) is 0 Å². The summed E-state index contributed by atoms with van der Waals surface area (Å²) in [5.41, 5.74) is 0.105. The normalized spacial score (nSPS) is 16.2. The number of ether oxygens (including phenoxy) is 2. The highest BCUT2D eigenvalue weighted by Gasteiger charge is 2.23. The van der Waals surface area contributed by atoms with Crippen LogP contribution >= 0.6 is 0 Å². The second-order valence-electron chi connectivity index (χ2n) is 11.4. The summed E-state index contributed by atoms with van der Waals surface area (Å²) in [6, 6.07) is 5.19. The number of amides is 1. The van der Waals surface area contributed by atoms with Crippen molar-refractivity contribution >= 4 is 38.4 Å². The Labute approximate surface area is 265 Å². The fourth-order valence-corrected chi connectivity index (χ4v) is 6.34. The number of aromatic nitrogens is 4. The molecule has 3 aromatic rings. The molecular formula is C30H37N7O8S. The number of morpholine rings is 2. The molecule has 1 amide bonds. The third-order valence-electron chi connectivity index (χ3n) is 7.77. The van der Waals surface area contributed by atoms with Gasteiger partial charge in [-0.05, 0) is 23.8 Å². The zero-order chi connectivity index (χ0) is 33.0. The van der Waals surface area contributed by atoms with Crippen LogP contribution in [0, 0.1) is 11.8 Å². The van der Waals surface area contributed by atoms with Gasteiger partial charge in [0.05, 0.1) is 46.1 Å². The number of fused-ring (bicyclic) bond motifs is 1. The minimum Gasteiger partial charge on any atom is -0.379 e. The molecule has 0 unspecified atom stereocenters. The number of anilines is 1. The Morgan fingerprint density at radius 2 is 1.57 bits per heavy atom. The highest BCUT2D eigenvalue weighted by atomic mass is 32.2. The number of carbonyl (C=O) groups excluding carboxylic acids is 2. The van der Waals surface area contributed by atoms with E-state index in [9.17, 15) is 27.6 Å². The lowest BCUT2D eigenvalue weighted by Crippen LogP contribution is -2.41. The number of nitrogens with zero attached hydrogens (tertiary/aromatic N) is 6. The summed E-state index contributed by atoms with van der Waals surface area (Å²) >= 11 is 0. The minimum atomic E-state index is -3.79. The molecule has 0 spiro atoms. The first-order valence-electron chi connectivity index (χ1n) is 14.8. The Balaban J connectivity index is 1.43. The fraction of sp³-hybridized carbons (Fsp3) is 0.500. The van der Waals surface area contributed by atoms with Crippen molar-refractivity contribution in [2.75, 3.05) is 77.3 Å². The highest BCUT2D eigenvalue weighted by molar-refractivity contribution is 7.90. The Kier molecular flexibility index (Phi) is 10.2. The first-order chi connectivity index (χ1) is 21.9. The van der Waals surface area contributed by atoms with Gasteiger partial charge < -0.3 is 19.4 Å². The molecule has 0 aliphatic carbocycles. The smallest absolute Gasteiger partial charge is 0.333 e. The first-order valence-corrected chi connectivity index (χ1v) is 16.7. The molecule has 0 bridgehead atoms. The molecule has 246 valence electrons. The van der Waals surface area contributed by atoms with Gasteiger partial charge in [0.2, 0.25) is 20.9 Å². The second kappa shape index (κ2) is 14.1. The van der Waals surface area contributed by atoms with E-state index < -0.39 is 21.1 Å². The molecule has 0 saturated carbocycles. The van der Waals surface area contributed by atoms with E-state index in [1.165, 1.54) is 14.1 Å². The van der Waals surface area contributed by atoms with E-state index in [0.29, 0.717) is 69.4 Å². The van der Waals surface area contributed by atoms with Gasteiger partial charge in [0, 0.05) is 64.2 Å². The number of ketones is 1. The lowest BCUT2D eigenvalue weighted by Gasteiger charge is -2.26. The number of aryl methyl sites for hydroxylation is 1. The second-order valence-corrected chi connectivity index (χ2v) is 13.3. The number of sulfone groups is 1. The molecule has 2 fully saturated rings. The van der Waals surface area contributed by atoms with Gasteiger partial charge in [0.25, 0.3) is 5.56 Å². The van der Waals surface area contributed by atoms with Crippen molar-refractivity contribution in [2.24, 2.45) is 14.1 Å². The van der Waals surface area contributed by atoms with Crippen molar-refractivity contribution in [3.05, 3.63) is 50.2 Å². The lowest BCUT2D eigenvalue weighted by atomic mass is 10.0. The van der Waals surface area contributed by atoms with E-state index in [0.717, 1.165) is 20.0 Å². The molecule has 5 rings (SSSR count). The minimum absolute atomic E-state index is 0.00795. The average Bonchev–Trinajstić information content (AvgIpc) is 3.36. The number of hydrogen-bond acceptors (Lipinski definition) is 11. The van der Waals surface area contributed by atoms with Crippen LogP contribution in [0.1, 0.15) is 11.1 Å². The van der Waals surface area contributed by atoms with Crippen LogP contribution in [-0.2, 0) is 56.0 Å². The van der Waals surface area contributed by atoms with Crippen LogP contribution in [0.25, 0.3) is 11.2 Å². The standard InChI is InChI=1S/C30H37N7O8S/c1-33-26-27(32-29(33)46(3,42)43)37(30(41)34(2)28(26)40)6-4-5-21-15-22(18-24(38)19-35-7-11-44-12-8-35)17-23(16-21)31-25(39)20-36-9-13-45-14-10-36/h15-17H,6-14,18-20H2,1-3H3,(H,31,39). The van der Waals surface area contributed by atoms with Crippen molar-refractivity contribution in [1.82, 2.24) is 28.5 Å². The SMILES string of the molecule is Cn1c(=O)c2c(nc(S(C)(=O)=O)n2C)n(CC#Cc2cc(CC(=O)CN3CCOCC3)cc(NC(=O)CN3CCOCC3)c2)c1=O. The van der Waals surface area contributed by atoms with Gasteiger partial charge in [0.15, 0.2) is 16.9 Å². The van der Waals surface area contributed by atoms with Crippen molar-refractivity contribution in [2.45, 2.75) is 18.1 Å². The number of carbonyl (C=O) groups is 2. The predicted octanol–water partition coefficient (Wildman–Crippen LogP) is -1.40. The summed E-state index contributed by atoms with van der Waals surface area (Å²) < 4.78 is 38.4. The molecule has 0 atom stereocenters. The molecule has 2 aliphatic rings. The van der Waals surface area contributed by atoms with Gasteiger partial charge in [-0.2, -0.15) is 4.98 Å². The van der Waals surface area contributed by atoms with Crippen molar-refractivity contribution in [1.29, 1.82) is 0 Å². The molecule has 2 aromatic heterocycles. The van der Waals surface area contributed by atoms with Crippen molar-refractivity contribution in [3.8, 4) is 11.8 Å². The third kappa shape index (κ3) is 7.80. The van der Waals surface area contributed by atoms with E-state index >= 15 is 0 Å². The summed E-state index contributed by atoms with van der Waals surface area (Å²) in [5, 5.41) is 2.56. The molecule has 1 aromatic carbocycles. The van der Waals surface area contributed by atoms with Gasteiger partial charge in [-0.25, -0.2) is 13.2 Å². The quantitative estimate of drug-likeness (QED) is 0.270. The van der Waals surface area contributed by atoms with E-state index in [4.69, 9.17) is 9.47 Å². The molecule has 4 heterocycles. The molecule has 15 nitrogen and oxygen atoms in total. The Morgan fingerprint density at radius 3 is 2.20 bits per heavy atom. The summed E-state index contributed by atoms with van der Waals surface area (Å²) in [6.45, 7) is 5.22. The van der Waals surface area contributed by atoms with Crippen LogP contribution in [0.4, 0.5) is 5.69 Å². The number of benzene rings is 1. The monoisotopic (exact) mass is 655 g/mol. The Hall–Kier alpha value is -4.14. The summed E-state index contributed by atoms with van der Waals surface area (Å²) in [5.74, 6) is 5.70. The Morgan fingerprint density at radius 1 is 0.935 bits per heavy atom. The third-order valence-corrected chi connectivity index (χ3v) is 8.80. The molecule has 16 heteroatoms. The van der Waals surface area contributed by atoms with Crippen LogP contribution in [-0.4, -0.2) is 121 Å². The molecule has 0 radical (unpaired) electrons. The zero-order valence-electron chi connectivity index (χ0n) is 26.1. The maximum atomic E-state index is 13.0. The number of nitrogens with one attached hydrogen (secondary N) is 1. The van der Waals surface area contributed by atoms with E-state index in [1.807, 2.05) is 9.80 Å². The number of Topliss-reactive ketones (excluding diaryl/α,β-unsaturated/α-hetero) is 1. The number of rotatable bonds is 9. The van der Waals surface area contributed by atoms with Gasteiger partial charge in [-0.3, -0.25) is 33.3 Å². The molecule has 46 heavy (non-hydrogen) atoms. The largest absolute Gasteiger partial charge is 0.379 e. The van der Waals surface area contributed by atoms with E-state index in [1.54, 1.807) is 18.2 Å². The maximum Gasteiger partial charge on any atom is 0.333 e. The van der Waals surface area contributed by atoms with Gasteiger partial charge in [-0.1, -0.05) is 11.8 Å². The van der Waals surface area contributed by atoms with Crippen LogP contribution in [0.3, 0.4) is 0 Å². The lowest BCUT2D eigenvalue weighted by molar-refractivity contribution is -0.120. The highest BCUT2D eigenvalue weighted by Crippen LogP contribution is 2.17. The van der Waals surface area contributed by atoms with Crippen molar-refractivity contribution < 1.29 is 27.5 Å².